The van der Waals surface area contributed by atoms with Gasteiger partial charge in [0, 0.05) is 24.0 Å². The second-order valence-corrected chi connectivity index (χ2v) is 0.611. The number of rotatable bonds is 0. The molecule has 0 saturated carbocycles. The third kappa shape index (κ3) is 143000. The minimum absolute atomic E-state index is 0. The number of carbonyl (C=O) groups excluding carboxylic acids is 1. The van der Waals surface area contributed by atoms with Crippen molar-refractivity contribution < 1.29 is 21.9 Å². The minimum atomic E-state index is -0.333. The van der Waals surface area contributed by atoms with Crippen LogP contribution in [0.4, 0.5) is 0 Å². The van der Waals surface area contributed by atoms with Crippen molar-refractivity contribution in [1.82, 2.24) is 0 Å². The van der Waals surface area contributed by atoms with Crippen molar-refractivity contribution in [2.75, 3.05) is 0 Å². The maximum Gasteiger partial charge on any atom is 0.214 e. The van der Waals surface area contributed by atoms with Crippen molar-refractivity contribution >= 4 is 5.91 Å². The van der Waals surface area contributed by atoms with Crippen LogP contribution in [-0.4, -0.2) is 5.91 Å². The molecule has 0 heterocycles. The van der Waals surface area contributed by atoms with Gasteiger partial charge in [0.2, 0.25) is 5.91 Å². The molecule has 0 bridgehead atoms. The van der Waals surface area contributed by atoms with E-state index in [2.05, 4.69) is 5.73 Å². The summed E-state index contributed by atoms with van der Waals surface area (Å²) in [6.45, 7) is 1.31. The molecule has 0 aromatic carbocycles. The summed E-state index contributed by atoms with van der Waals surface area (Å²) in [5, 5.41) is 0. The Morgan fingerprint density at radius 3 is 1.80 bits per heavy atom. The van der Waals surface area contributed by atoms with Gasteiger partial charge < -0.3 is 5.73 Å². The van der Waals surface area contributed by atoms with Gasteiger partial charge in [-0.3, -0.25) is 4.79 Å². The van der Waals surface area contributed by atoms with Gasteiger partial charge in [-0.05, 0) is 0 Å². The number of carbonyl (C=O) groups is 1. The van der Waals surface area contributed by atoms with Crippen molar-refractivity contribution in [3.63, 3.8) is 0 Å². The standard InChI is InChI=1S/C2H5NO.Cu/c1-2(3)4;/h1H3,(H2,3,4);. The van der Waals surface area contributed by atoms with E-state index in [1.165, 1.54) is 6.92 Å². The normalized spacial score (nSPS) is 5.00. The number of primary amides is 1. The van der Waals surface area contributed by atoms with Crippen LogP contribution in [0.25, 0.3) is 0 Å². The Hall–Kier alpha value is -0.0105. The summed E-state index contributed by atoms with van der Waals surface area (Å²) in [5.41, 5.74) is 4.47. The van der Waals surface area contributed by atoms with Crippen LogP contribution in [-0.2, 0) is 21.9 Å². The second-order valence-electron chi connectivity index (χ2n) is 0.611. The first-order valence-corrected chi connectivity index (χ1v) is 0.993. The van der Waals surface area contributed by atoms with Crippen LogP contribution in [0.5, 0.6) is 0 Å². The molecular formula is C2H5CuNO. The van der Waals surface area contributed by atoms with Gasteiger partial charge in [-0.2, -0.15) is 0 Å². The van der Waals surface area contributed by atoms with Crippen molar-refractivity contribution in [1.29, 1.82) is 0 Å². The Morgan fingerprint density at radius 2 is 1.80 bits per heavy atom. The third-order valence-electron chi connectivity index (χ3n) is 0. The van der Waals surface area contributed by atoms with Gasteiger partial charge in [0.15, 0.2) is 0 Å². The SMILES string of the molecule is CC(N)=O.[Cu]. The van der Waals surface area contributed by atoms with Gasteiger partial charge >= 0.3 is 0 Å². The van der Waals surface area contributed by atoms with Crippen molar-refractivity contribution in [3.8, 4) is 0 Å². The average Bonchev–Trinajstić information content (AvgIpc) is 0.811. The monoisotopic (exact) mass is 122 g/mol. The van der Waals surface area contributed by atoms with E-state index < -0.39 is 0 Å². The molecule has 0 aliphatic carbocycles. The average molecular weight is 123 g/mol. The third-order valence-corrected chi connectivity index (χ3v) is 0. The molecule has 0 aromatic heterocycles. The molecule has 0 rings (SSSR count). The molecule has 0 aromatic rings. The maximum atomic E-state index is 9.22. The summed E-state index contributed by atoms with van der Waals surface area (Å²) in [5.74, 6) is -0.333. The van der Waals surface area contributed by atoms with Gasteiger partial charge in [-0.15, -0.1) is 0 Å². The van der Waals surface area contributed by atoms with E-state index in [4.69, 9.17) is 0 Å². The molecule has 0 aliphatic rings. The van der Waals surface area contributed by atoms with Crippen LogP contribution in [0, 0.1) is 0 Å². The first-order chi connectivity index (χ1) is 1.73. The summed E-state index contributed by atoms with van der Waals surface area (Å²) in [6, 6.07) is 0. The molecule has 35 valence electrons. The van der Waals surface area contributed by atoms with Gasteiger partial charge in [0.1, 0.15) is 0 Å². The van der Waals surface area contributed by atoms with Gasteiger partial charge in [0.05, 0.1) is 0 Å². The molecule has 2 nitrogen and oxygen atoms in total. The van der Waals surface area contributed by atoms with E-state index >= 15 is 0 Å². The maximum absolute atomic E-state index is 9.22. The van der Waals surface area contributed by atoms with Crippen LogP contribution >= 0.6 is 0 Å². The topological polar surface area (TPSA) is 43.1 Å². The Bertz CT molecular complexity index is 32.6. The molecule has 5 heavy (non-hydrogen) atoms. The molecule has 0 unspecified atom stereocenters. The van der Waals surface area contributed by atoms with Gasteiger partial charge in [-0.25, -0.2) is 0 Å². The summed E-state index contributed by atoms with van der Waals surface area (Å²) >= 11 is 0. The first kappa shape index (κ1) is 8.89. The number of amides is 1. The van der Waals surface area contributed by atoms with Crippen molar-refractivity contribution in [3.05, 3.63) is 0 Å². The molecule has 0 saturated heterocycles. The zero-order valence-corrected chi connectivity index (χ0v) is 3.73. The van der Waals surface area contributed by atoms with Crippen LogP contribution < -0.4 is 5.73 Å². The molecule has 1 radical (unpaired) electrons. The van der Waals surface area contributed by atoms with E-state index in [-0.39, 0.29) is 23.0 Å². The van der Waals surface area contributed by atoms with E-state index in [0.29, 0.717) is 0 Å². The fraction of sp³-hybridized carbons (Fsp3) is 0.500. The van der Waals surface area contributed by atoms with Gasteiger partial charge in [-0.1, -0.05) is 0 Å². The molecule has 1 amide bonds. The molecule has 2 N–H and O–H groups in total. The Labute approximate surface area is 41.2 Å². The summed E-state index contributed by atoms with van der Waals surface area (Å²) in [4.78, 5) is 9.22. The first-order valence-electron chi connectivity index (χ1n) is 0.993. The predicted molar refractivity (Wildman–Crippen MR) is 14.9 cm³/mol. The minimum Gasteiger partial charge on any atom is -0.370 e. The Morgan fingerprint density at radius 1 is 1.80 bits per heavy atom. The van der Waals surface area contributed by atoms with Crippen molar-refractivity contribution in [2.45, 2.75) is 6.92 Å². The Kier molecular flexibility index (Phi) is 7.09. The number of hydrogen-bond donors (Lipinski definition) is 1. The summed E-state index contributed by atoms with van der Waals surface area (Å²) in [7, 11) is 0. The fourth-order valence-corrected chi connectivity index (χ4v) is 0. The number of hydrogen-bond acceptors (Lipinski definition) is 1. The molecule has 0 fully saturated rings. The van der Waals surface area contributed by atoms with E-state index in [9.17, 15) is 4.79 Å². The predicted octanol–water partition coefficient (Wildman–Crippen LogP) is -0.511. The molecule has 0 spiro atoms. The zero-order valence-electron chi connectivity index (χ0n) is 2.79. The summed E-state index contributed by atoms with van der Waals surface area (Å²) < 4.78 is 0. The molecule has 0 atom stereocenters. The largest absolute Gasteiger partial charge is 0.370 e. The van der Waals surface area contributed by atoms with Crippen LogP contribution in [0.15, 0.2) is 0 Å². The van der Waals surface area contributed by atoms with E-state index in [0.717, 1.165) is 0 Å². The van der Waals surface area contributed by atoms with E-state index in [1.54, 1.807) is 0 Å². The van der Waals surface area contributed by atoms with Crippen molar-refractivity contribution in [2.24, 2.45) is 5.73 Å². The number of nitrogens with two attached hydrogens (primary N) is 1. The zero-order chi connectivity index (χ0) is 3.58. The summed E-state index contributed by atoms with van der Waals surface area (Å²) in [6.07, 6.45) is 0. The second kappa shape index (κ2) is 3.99. The Balaban J connectivity index is 0. The molecule has 3 heteroatoms. The quantitative estimate of drug-likeness (QED) is 0.432. The van der Waals surface area contributed by atoms with Gasteiger partial charge in [0.25, 0.3) is 0 Å². The van der Waals surface area contributed by atoms with Crippen LogP contribution in [0.1, 0.15) is 6.92 Å². The van der Waals surface area contributed by atoms with E-state index in [1.807, 2.05) is 0 Å². The van der Waals surface area contributed by atoms with Crippen LogP contribution in [0.2, 0.25) is 0 Å². The smallest absolute Gasteiger partial charge is 0.214 e. The fourth-order valence-electron chi connectivity index (χ4n) is 0. The molecule has 0 aliphatic heterocycles. The molecular weight excluding hydrogens is 118 g/mol. The van der Waals surface area contributed by atoms with Crippen LogP contribution in [0.3, 0.4) is 0 Å².